The molecule has 0 bridgehead atoms. The minimum atomic E-state index is -3.13. The Morgan fingerprint density at radius 3 is 2.62 bits per heavy atom. The summed E-state index contributed by atoms with van der Waals surface area (Å²) in [5.74, 6) is 0.324. The van der Waals surface area contributed by atoms with Gasteiger partial charge in [-0.15, -0.1) is 11.3 Å². The molecule has 1 saturated heterocycles. The van der Waals surface area contributed by atoms with E-state index in [2.05, 4.69) is 12.1 Å². The van der Waals surface area contributed by atoms with E-state index in [1.54, 1.807) is 11.0 Å². The molecule has 0 saturated carbocycles. The Morgan fingerprint density at radius 2 is 2.00 bits per heavy atom. The van der Waals surface area contributed by atoms with Gasteiger partial charge in [-0.1, -0.05) is 42.4 Å². The fourth-order valence-corrected chi connectivity index (χ4v) is 5.93. The maximum absolute atomic E-state index is 13.3. The van der Waals surface area contributed by atoms with Crippen molar-refractivity contribution in [3.05, 3.63) is 64.7 Å². The van der Waals surface area contributed by atoms with Crippen molar-refractivity contribution in [2.45, 2.75) is 32.4 Å². The van der Waals surface area contributed by atoms with Crippen molar-refractivity contribution in [3.8, 4) is 10.6 Å². The van der Waals surface area contributed by atoms with E-state index in [0.29, 0.717) is 18.7 Å². The molecule has 1 aliphatic rings. The Bertz CT molecular complexity index is 1090. The quantitative estimate of drug-likeness (QED) is 0.594. The average molecular weight is 431 g/mol. The first kappa shape index (κ1) is 19.8. The van der Waals surface area contributed by atoms with Crippen LogP contribution in [0.25, 0.3) is 10.6 Å². The van der Waals surface area contributed by atoms with E-state index in [1.165, 1.54) is 16.9 Å². The van der Waals surface area contributed by atoms with Crippen LogP contribution in [0.1, 0.15) is 35.0 Å². The third-order valence-electron chi connectivity index (χ3n) is 5.19. The molecule has 8 heteroatoms. The first-order chi connectivity index (χ1) is 13.9. The van der Waals surface area contributed by atoms with Crippen LogP contribution in [0.5, 0.6) is 0 Å². The second kappa shape index (κ2) is 8.12. The zero-order valence-electron chi connectivity index (χ0n) is 16.1. The highest BCUT2D eigenvalue weighted by atomic mass is 32.2. The highest BCUT2D eigenvalue weighted by molar-refractivity contribution is 7.91. The van der Waals surface area contributed by atoms with E-state index in [1.807, 2.05) is 41.8 Å². The van der Waals surface area contributed by atoms with Gasteiger partial charge in [0.2, 0.25) is 0 Å². The fraction of sp³-hybridized carbons (Fsp3) is 0.333. The molecule has 3 heterocycles. The Labute approximate surface area is 174 Å². The number of thiophene rings is 1. The molecule has 1 fully saturated rings. The minimum Gasteiger partial charge on any atom is -0.355 e. The van der Waals surface area contributed by atoms with Crippen molar-refractivity contribution < 1.29 is 17.7 Å². The van der Waals surface area contributed by atoms with Gasteiger partial charge in [0.1, 0.15) is 0 Å². The van der Waals surface area contributed by atoms with E-state index in [9.17, 15) is 13.2 Å². The second-order valence-corrected chi connectivity index (χ2v) is 10.4. The molecule has 4 rings (SSSR count). The monoisotopic (exact) mass is 430 g/mol. The Balaban J connectivity index is 1.61. The van der Waals surface area contributed by atoms with Gasteiger partial charge < -0.3 is 9.42 Å². The molecule has 1 atom stereocenters. The van der Waals surface area contributed by atoms with Crippen molar-refractivity contribution in [3.63, 3.8) is 0 Å². The minimum absolute atomic E-state index is 0.0125. The summed E-state index contributed by atoms with van der Waals surface area (Å²) in [6.45, 7) is 2.42. The summed E-state index contributed by atoms with van der Waals surface area (Å²) in [4.78, 5) is 15.8. The van der Waals surface area contributed by atoms with Crippen LogP contribution in [0.3, 0.4) is 0 Å². The molecule has 2 aromatic heterocycles. The number of sulfone groups is 1. The van der Waals surface area contributed by atoms with Gasteiger partial charge in [-0.25, -0.2) is 8.42 Å². The van der Waals surface area contributed by atoms with Crippen LogP contribution in [-0.4, -0.2) is 41.9 Å². The number of benzene rings is 1. The van der Waals surface area contributed by atoms with Crippen LogP contribution < -0.4 is 0 Å². The number of hydrogen-bond donors (Lipinski definition) is 0. The molecule has 1 aliphatic heterocycles. The molecule has 0 radical (unpaired) electrons. The molecule has 1 aromatic carbocycles. The normalized spacial score (nSPS) is 18.0. The van der Waals surface area contributed by atoms with E-state index in [-0.39, 0.29) is 29.1 Å². The Kier molecular flexibility index (Phi) is 5.56. The second-order valence-electron chi connectivity index (χ2n) is 7.21. The van der Waals surface area contributed by atoms with E-state index in [4.69, 9.17) is 4.52 Å². The number of amides is 1. The van der Waals surface area contributed by atoms with Gasteiger partial charge in [-0.3, -0.25) is 4.79 Å². The molecule has 152 valence electrons. The zero-order valence-corrected chi connectivity index (χ0v) is 17.7. The van der Waals surface area contributed by atoms with Crippen molar-refractivity contribution >= 4 is 27.1 Å². The molecule has 0 unspecified atom stereocenters. The molecule has 3 aromatic rings. The summed E-state index contributed by atoms with van der Waals surface area (Å²) in [6.07, 6.45) is 1.38. The summed E-state index contributed by atoms with van der Waals surface area (Å²) < 4.78 is 29.4. The predicted octanol–water partition coefficient (Wildman–Crippen LogP) is 3.80. The van der Waals surface area contributed by atoms with Crippen molar-refractivity contribution in [2.75, 3.05) is 11.5 Å². The summed E-state index contributed by atoms with van der Waals surface area (Å²) in [5, 5.41) is 5.89. The lowest BCUT2D eigenvalue weighted by Crippen LogP contribution is -2.40. The molecule has 1 amide bonds. The molecular formula is C21H22N2O4S2. The largest absolute Gasteiger partial charge is 0.355 e. The summed E-state index contributed by atoms with van der Waals surface area (Å²) >= 11 is 1.50. The van der Waals surface area contributed by atoms with Gasteiger partial charge in [0.05, 0.1) is 16.4 Å². The predicted molar refractivity (Wildman–Crippen MR) is 113 cm³/mol. The van der Waals surface area contributed by atoms with Gasteiger partial charge in [0.15, 0.2) is 21.3 Å². The van der Waals surface area contributed by atoms with E-state index >= 15 is 0 Å². The van der Waals surface area contributed by atoms with Gasteiger partial charge in [-0.05, 0) is 35.4 Å². The van der Waals surface area contributed by atoms with Crippen LogP contribution in [0.4, 0.5) is 0 Å². The van der Waals surface area contributed by atoms with E-state index < -0.39 is 9.84 Å². The molecular weight excluding hydrogens is 408 g/mol. The molecule has 0 spiro atoms. The summed E-state index contributed by atoms with van der Waals surface area (Å²) in [6, 6.07) is 13.1. The SMILES string of the molecule is CCc1ccc(CN(C(=O)c2cc(-c3cccs3)on2)[C@@H]2CCS(=O)(=O)C2)cc1. The number of rotatable bonds is 6. The first-order valence-corrected chi connectivity index (χ1v) is 12.2. The highest BCUT2D eigenvalue weighted by Crippen LogP contribution is 2.27. The zero-order chi connectivity index (χ0) is 20.4. The maximum Gasteiger partial charge on any atom is 0.276 e. The van der Waals surface area contributed by atoms with Crippen LogP contribution in [0.15, 0.2) is 52.4 Å². The number of hydrogen-bond acceptors (Lipinski definition) is 6. The third kappa shape index (κ3) is 4.43. The average Bonchev–Trinajstić information content (AvgIpc) is 3.46. The fourth-order valence-electron chi connectivity index (χ4n) is 3.52. The number of carbonyl (C=O) groups is 1. The van der Waals surface area contributed by atoms with Crippen LogP contribution >= 0.6 is 11.3 Å². The van der Waals surface area contributed by atoms with Crippen molar-refractivity contribution in [1.82, 2.24) is 10.1 Å². The van der Waals surface area contributed by atoms with Gasteiger partial charge in [0.25, 0.3) is 5.91 Å². The standard InChI is InChI=1S/C21H22N2O4S2/c1-2-15-5-7-16(8-6-15)13-23(17-9-11-29(25,26)14-17)21(24)18-12-19(27-22-18)20-4-3-10-28-20/h3-8,10,12,17H,2,9,11,13-14H2,1H3/t17-/m1/s1. The van der Waals surface area contributed by atoms with Gasteiger partial charge in [-0.2, -0.15) is 0 Å². The number of nitrogens with zero attached hydrogens (tertiary/aromatic N) is 2. The van der Waals surface area contributed by atoms with Gasteiger partial charge >= 0.3 is 0 Å². The highest BCUT2D eigenvalue weighted by Gasteiger charge is 2.36. The number of aromatic nitrogens is 1. The molecule has 29 heavy (non-hydrogen) atoms. The number of carbonyl (C=O) groups excluding carboxylic acids is 1. The topological polar surface area (TPSA) is 80.5 Å². The summed E-state index contributed by atoms with van der Waals surface area (Å²) in [5.41, 5.74) is 2.37. The van der Waals surface area contributed by atoms with Crippen molar-refractivity contribution in [1.29, 1.82) is 0 Å². The number of aryl methyl sites for hydroxylation is 1. The van der Waals surface area contributed by atoms with Crippen LogP contribution in [-0.2, 0) is 22.8 Å². The maximum atomic E-state index is 13.3. The third-order valence-corrected chi connectivity index (χ3v) is 7.82. The van der Waals surface area contributed by atoms with Crippen molar-refractivity contribution in [2.24, 2.45) is 0 Å². The lowest BCUT2D eigenvalue weighted by molar-refractivity contribution is 0.0670. The molecule has 0 N–H and O–H groups in total. The summed E-state index contributed by atoms with van der Waals surface area (Å²) in [7, 11) is -3.13. The van der Waals surface area contributed by atoms with Crippen LogP contribution in [0, 0.1) is 0 Å². The Hall–Kier alpha value is -2.45. The lowest BCUT2D eigenvalue weighted by atomic mass is 10.1. The Morgan fingerprint density at radius 1 is 1.24 bits per heavy atom. The molecule has 6 nitrogen and oxygen atoms in total. The smallest absolute Gasteiger partial charge is 0.276 e. The van der Waals surface area contributed by atoms with Gasteiger partial charge in [0, 0.05) is 18.7 Å². The van der Waals surface area contributed by atoms with Crippen LogP contribution in [0.2, 0.25) is 0 Å². The van der Waals surface area contributed by atoms with E-state index in [0.717, 1.165) is 16.9 Å². The first-order valence-electron chi connectivity index (χ1n) is 9.55. The lowest BCUT2D eigenvalue weighted by Gasteiger charge is -2.27. The molecule has 0 aliphatic carbocycles.